The summed E-state index contributed by atoms with van der Waals surface area (Å²) < 4.78 is 31.3. The van der Waals surface area contributed by atoms with E-state index in [1.54, 1.807) is 20.8 Å². The van der Waals surface area contributed by atoms with Gasteiger partial charge in [0, 0.05) is 12.7 Å². The van der Waals surface area contributed by atoms with E-state index in [2.05, 4.69) is 30.3 Å². The van der Waals surface area contributed by atoms with E-state index in [-0.39, 0.29) is 33.6 Å². The minimum absolute atomic E-state index is 0.0478. The minimum atomic E-state index is -3.36. The standard InChI is InChI=1S/C22H23ClFN7O4S/c1-21(2)19(30-20(33)34)31-22(3,14-6-7-27-36(14,21)35)17-13(24)4-5-15(28-17)29-18(32)16-12(23)8-11(9-25)10-26-16/h4-5,8,10,14,36H,6-7H2,1-3H3,(H,27,35)(H,30,31)(H,33,34)(H,28,29,32)/t14-,22-/m0/s1. The normalized spacial score (nSPS) is 24.6. The molecule has 190 valence electrons. The zero-order chi connectivity index (χ0) is 26.5. The molecule has 0 spiro atoms. The van der Waals surface area contributed by atoms with Crippen molar-refractivity contribution in [2.24, 2.45) is 4.99 Å². The van der Waals surface area contributed by atoms with E-state index in [1.807, 2.05) is 6.07 Å². The van der Waals surface area contributed by atoms with Crippen LogP contribution in [-0.2, 0) is 15.7 Å². The van der Waals surface area contributed by atoms with Crippen molar-refractivity contribution in [3.8, 4) is 6.07 Å². The van der Waals surface area contributed by atoms with Crippen molar-refractivity contribution in [2.75, 3.05) is 11.9 Å². The predicted octanol–water partition coefficient (Wildman–Crippen LogP) is 2.36. The smallest absolute Gasteiger partial charge is 0.410 e. The first-order chi connectivity index (χ1) is 16.8. The van der Waals surface area contributed by atoms with Gasteiger partial charge in [-0.25, -0.2) is 19.2 Å². The van der Waals surface area contributed by atoms with Crippen LogP contribution < -0.4 is 15.4 Å². The van der Waals surface area contributed by atoms with Crippen LogP contribution in [0, 0.1) is 17.1 Å². The summed E-state index contributed by atoms with van der Waals surface area (Å²) in [4.78, 5) is 37.0. The molecule has 2 aliphatic rings. The van der Waals surface area contributed by atoms with E-state index < -0.39 is 43.5 Å². The van der Waals surface area contributed by atoms with Gasteiger partial charge in [-0.05, 0) is 55.5 Å². The molecule has 0 radical (unpaired) electrons. The molecular formula is C22H23ClFN7O4S. The topological polar surface area (TPSA) is 169 Å². The highest BCUT2D eigenvalue weighted by Crippen LogP contribution is 2.48. The molecule has 1 fully saturated rings. The maximum atomic E-state index is 15.2. The van der Waals surface area contributed by atoms with E-state index >= 15 is 4.39 Å². The Morgan fingerprint density at radius 3 is 2.69 bits per heavy atom. The number of nitriles is 1. The number of carbonyl (C=O) groups excluding carboxylic acids is 1. The number of anilines is 1. The monoisotopic (exact) mass is 535 g/mol. The predicted molar refractivity (Wildman–Crippen MR) is 132 cm³/mol. The van der Waals surface area contributed by atoms with Crippen LogP contribution in [0.3, 0.4) is 0 Å². The van der Waals surface area contributed by atoms with Gasteiger partial charge in [0.1, 0.15) is 40.5 Å². The van der Waals surface area contributed by atoms with Gasteiger partial charge in [-0.3, -0.25) is 24.0 Å². The van der Waals surface area contributed by atoms with Gasteiger partial charge in [-0.2, -0.15) is 5.26 Å². The van der Waals surface area contributed by atoms with E-state index in [0.29, 0.717) is 13.0 Å². The molecule has 0 bridgehead atoms. The molecular weight excluding hydrogens is 513 g/mol. The number of nitrogens with zero attached hydrogens (tertiary/aromatic N) is 4. The highest BCUT2D eigenvalue weighted by Gasteiger charge is 2.59. The van der Waals surface area contributed by atoms with Crippen LogP contribution in [-0.4, -0.2) is 53.7 Å². The SMILES string of the molecule is CC1(C)C(NC(=O)O)=N[C@](C)(c2nc(NC(=O)c3ncc(C#N)cc3Cl)ccc2F)[C@@H]2CCN[SH]21=O. The Hall–Kier alpha value is -3.47. The second-order valence-corrected chi connectivity index (χ2v) is 12.9. The molecule has 11 nitrogen and oxygen atoms in total. The number of hydrogen-bond donors (Lipinski definition) is 5. The fourth-order valence-corrected chi connectivity index (χ4v) is 8.59. The molecule has 2 atom stereocenters. The molecule has 0 saturated carbocycles. The molecule has 0 aliphatic carbocycles. The quantitative estimate of drug-likeness (QED) is 0.375. The molecule has 2 amide bonds. The lowest BCUT2D eigenvalue weighted by atomic mass is 9.89. The summed E-state index contributed by atoms with van der Waals surface area (Å²) in [6.45, 7) is 5.17. The fourth-order valence-electron chi connectivity index (χ4n) is 4.68. The maximum Gasteiger partial charge on any atom is 0.410 e. The van der Waals surface area contributed by atoms with Gasteiger partial charge >= 0.3 is 6.09 Å². The van der Waals surface area contributed by atoms with E-state index in [1.165, 1.54) is 18.3 Å². The Bertz CT molecular complexity index is 1410. The van der Waals surface area contributed by atoms with Crippen LogP contribution in [0.2, 0.25) is 5.02 Å². The Morgan fingerprint density at radius 1 is 1.33 bits per heavy atom. The van der Waals surface area contributed by atoms with Crippen LogP contribution in [0.4, 0.5) is 15.0 Å². The third-order valence-corrected chi connectivity index (χ3v) is 11.1. The van der Waals surface area contributed by atoms with Crippen LogP contribution >= 0.6 is 11.6 Å². The molecule has 1 saturated heterocycles. The summed E-state index contributed by atoms with van der Waals surface area (Å²) in [6, 6.07) is 5.47. The van der Waals surface area contributed by atoms with Crippen LogP contribution in [0.5, 0.6) is 0 Å². The number of amides is 2. The van der Waals surface area contributed by atoms with Crippen molar-refractivity contribution < 1.29 is 23.3 Å². The summed E-state index contributed by atoms with van der Waals surface area (Å²) in [5.41, 5.74) is -1.70. The first-order valence-electron chi connectivity index (χ1n) is 10.8. The van der Waals surface area contributed by atoms with Crippen molar-refractivity contribution in [2.45, 2.75) is 42.7 Å². The Morgan fingerprint density at radius 2 is 2.06 bits per heavy atom. The molecule has 4 N–H and O–H groups in total. The number of fused-ring (bicyclic) bond motifs is 1. The van der Waals surface area contributed by atoms with Gasteiger partial charge in [0.05, 0.1) is 20.6 Å². The summed E-state index contributed by atoms with van der Waals surface area (Å²) in [6.07, 6.45) is 0.185. The molecule has 0 aromatic carbocycles. The van der Waals surface area contributed by atoms with E-state index in [4.69, 9.17) is 16.9 Å². The van der Waals surface area contributed by atoms with Gasteiger partial charge < -0.3 is 10.4 Å². The number of hydrogen-bond acceptors (Lipinski definition) is 7. The average Bonchev–Trinajstić information content (AvgIpc) is 3.23. The number of nitrogens with one attached hydrogen (secondary N) is 3. The second-order valence-electron chi connectivity index (χ2n) is 9.11. The van der Waals surface area contributed by atoms with E-state index in [0.717, 1.165) is 6.07 Å². The molecule has 4 heterocycles. The lowest BCUT2D eigenvalue weighted by Gasteiger charge is -2.50. The number of halogens is 2. The van der Waals surface area contributed by atoms with E-state index in [9.17, 15) is 18.9 Å². The molecule has 2 aliphatic heterocycles. The van der Waals surface area contributed by atoms with Crippen molar-refractivity contribution in [3.63, 3.8) is 0 Å². The molecule has 2 aromatic heterocycles. The first-order valence-corrected chi connectivity index (χ1v) is 13.0. The maximum absolute atomic E-state index is 15.2. The molecule has 2 aromatic rings. The summed E-state index contributed by atoms with van der Waals surface area (Å²) in [5.74, 6) is -1.62. The lowest BCUT2D eigenvalue weighted by Crippen LogP contribution is -2.66. The van der Waals surface area contributed by atoms with Gasteiger partial charge in [0.2, 0.25) is 0 Å². The van der Waals surface area contributed by atoms with Crippen molar-refractivity contribution in [1.82, 2.24) is 20.0 Å². The number of aromatic nitrogens is 2. The Balaban J connectivity index is 1.78. The van der Waals surface area contributed by atoms with Gasteiger partial charge in [0.15, 0.2) is 0 Å². The average molecular weight is 536 g/mol. The summed E-state index contributed by atoms with van der Waals surface area (Å²) in [5, 5.41) is 22.3. The number of amidine groups is 1. The minimum Gasteiger partial charge on any atom is -0.465 e. The van der Waals surface area contributed by atoms with Crippen LogP contribution in [0.25, 0.3) is 0 Å². The zero-order valence-electron chi connectivity index (χ0n) is 19.5. The fraction of sp³-hybridized carbons (Fsp3) is 0.364. The Kier molecular flexibility index (Phi) is 6.32. The van der Waals surface area contributed by atoms with Crippen LogP contribution in [0.1, 0.15) is 48.9 Å². The second kappa shape index (κ2) is 8.88. The number of pyridine rings is 2. The summed E-state index contributed by atoms with van der Waals surface area (Å²) >= 11 is 6.06. The summed E-state index contributed by atoms with van der Waals surface area (Å²) in [7, 11) is -3.36. The number of rotatable bonds is 3. The first kappa shape index (κ1) is 25.6. The Labute approximate surface area is 211 Å². The molecule has 4 rings (SSSR count). The zero-order valence-corrected chi connectivity index (χ0v) is 21.1. The number of carboxylic acid groups (broad SMARTS) is 1. The molecule has 0 unspecified atom stereocenters. The molecule has 36 heavy (non-hydrogen) atoms. The molecule has 14 heteroatoms. The number of aliphatic imine (C=N–C) groups is 1. The van der Waals surface area contributed by atoms with Gasteiger partial charge in [0.25, 0.3) is 5.91 Å². The van der Waals surface area contributed by atoms with Crippen LogP contribution in [0.15, 0.2) is 29.4 Å². The van der Waals surface area contributed by atoms with Crippen molar-refractivity contribution >= 4 is 45.4 Å². The number of thiol groups is 1. The number of carbonyl (C=O) groups is 2. The van der Waals surface area contributed by atoms with Crippen molar-refractivity contribution in [1.29, 1.82) is 5.26 Å². The highest BCUT2D eigenvalue weighted by atomic mass is 35.5. The third kappa shape index (κ3) is 4.01. The van der Waals surface area contributed by atoms with Crippen molar-refractivity contribution in [3.05, 3.63) is 52.2 Å². The van der Waals surface area contributed by atoms with Gasteiger partial charge in [-0.15, -0.1) is 0 Å². The largest absolute Gasteiger partial charge is 0.465 e. The van der Waals surface area contributed by atoms with Gasteiger partial charge in [-0.1, -0.05) is 11.6 Å². The highest BCUT2D eigenvalue weighted by molar-refractivity contribution is 8.04. The lowest BCUT2D eigenvalue weighted by molar-refractivity contribution is 0.102. The third-order valence-electron chi connectivity index (χ3n) is 6.58.